The van der Waals surface area contributed by atoms with Gasteiger partial charge >= 0.3 is 18.1 Å². The third-order valence-electron chi connectivity index (χ3n) is 2.53. The Bertz CT molecular complexity index is 439. The second-order valence-corrected chi connectivity index (χ2v) is 3.68. The molecule has 0 heterocycles. The molecule has 1 aromatic rings. The van der Waals surface area contributed by atoms with Crippen LogP contribution in [-0.4, -0.2) is 28.3 Å². The molecule has 2 N–H and O–H groups in total. The van der Waals surface area contributed by atoms with Gasteiger partial charge in [-0.25, -0.2) is 0 Å². The Morgan fingerprint density at radius 2 is 1.44 bits per heavy atom. The summed E-state index contributed by atoms with van der Waals surface area (Å²) in [5, 5.41) is 17.4. The number of aliphatic carboxylic acids is 2. The van der Waals surface area contributed by atoms with Crippen molar-refractivity contribution in [2.45, 2.75) is 12.6 Å². The van der Waals surface area contributed by atoms with Gasteiger partial charge in [0.2, 0.25) is 0 Å². The molecular weight excluding hydrogens is 253 g/mol. The summed E-state index contributed by atoms with van der Waals surface area (Å²) in [4.78, 5) is 21.6. The van der Waals surface area contributed by atoms with Crippen LogP contribution >= 0.6 is 0 Å². The maximum atomic E-state index is 12.8. The zero-order valence-electron chi connectivity index (χ0n) is 8.94. The molecular formula is C11H9F3O4. The van der Waals surface area contributed by atoms with Crippen molar-refractivity contribution in [1.29, 1.82) is 0 Å². The van der Waals surface area contributed by atoms with Crippen molar-refractivity contribution >= 4 is 11.9 Å². The van der Waals surface area contributed by atoms with Crippen LogP contribution in [0.2, 0.25) is 0 Å². The predicted octanol–water partition coefficient (Wildman–Crippen LogP) is 1.95. The summed E-state index contributed by atoms with van der Waals surface area (Å²) in [7, 11) is 0. The van der Waals surface area contributed by atoms with Crippen LogP contribution in [0.3, 0.4) is 0 Å². The summed E-state index contributed by atoms with van der Waals surface area (Å²) in [6, 6.07) is 6.82. The number of carbonyl (C=O) groups is 2. The Morgan fingerprint density at radius 1 is 1.00 bits per heavy atom. The second-order valence-electron chi connectivity index (χ2n) is 3.68. The minimum Gasteiger partial charge on any atom is -0.480 e. The smallest absolute Gasteiger partial charge is 0.415 e. The fourth-order valence-electron chi connectivity index (χ4n) is 1.49. The van der Waals surface area contributed by atoms with Crippen LogP contribution in [0.15, 0.2) is 30.3 Å². The molecule has 4 nitrogen and oxygen atoms in total. The highest BCUT2D eigenvalue weighted by Gasteiger charge is 2.66. The van der Waals surface area contributed by atoms with Gasteiger partial charge in [0.25, 0.3) is 5.41 Å². The molecule has 0 amide bonds. The summed E-state index contributed by atoms with van der Waals surface area (Å²) in [5.74, 6) is -4.85. The molecule has 0 unspecified atom stereocenters. The van der Waals surface area contributed by atoms with Gasteiger partial charge in [0.05, 0.1) is 0 Å². The molecule has 18 heavy (non-hydrogen) atoms. The third-order valence-corrected chi connectivity index (χ3v) is 2.53. The molecule has 0 bridgehead atoms. The van der Waals surface area contributed by atoms with Crippen molar-refractivity contribution in [2.75, 3.05) is 0 Å². The highest BCUT2D eigenvalue weighted by Crippen LogP contribution is 2.41. The van der Waals surface area contributed by atoms with Crippen molar-refractivity contribution in [1.82, 2.24) is 0 Å². The fraction of sp³-hybridized carbons (Fsp3) is 0.273. The summed E-state index contributed by atoms with van der Waals surface area (Å²) < 4.78 is 38.4. The van der Waals surface area contributed by atoms with E-state index in [0.717, 1.165) is 0 Å². The largest absolute Gasteiger partial charge is 0.480 e. The van der Waals surface area contributed by atoms with E-state index in [-0.39, 0.29) is 5.56 Å². The lowest BCUT2D eigenvalue weighted by molar-refractivity contribution is -0.235. The number of rotatable bonds is 4. The Hall–Kier alpha value is -2.05. The predicted molar refractivity (Wildman–Crippen MR) is 53.9 cm³/mol. The van der Waals surface area contributed by atoms with Crippen molar-refractivity contribution < 1.29 is 33.0 Å². The quantitative estimate of drug-likeness (QED) is 0.813. The SMILES string of the molecule is O=C(O)C(Cc1ccccc1)(C(=O)O)C(F)(F)F. The van der Waals surface area contributed by atoms with Gasteiger partial charge in [0.1, 0.15) is 0 Å². The van der Waals surface area contributed by atoms with Gasteiger partial charge in [0.15, 0.2) is 0 Å². The van der Waals surface area contributed by atoms with E-state index in [4.69, 9.17) is 10.2 Å². The number of halogens is 3. The summed E-state index contributed by atoms with van der Waals surface area (Å²) in [6.45, 7) is 0. The van der Waals surface area contributed by atoms with E-state index in [1.54, 1.807) is 0 Å². The van der Waals surface area contributed by atoms with E-state index >= 15 is 0 Å². The van der Waals surface area contributed by atoms with Crippen LogP contribution in [0.4, 0.5) is 13.2 Å². The minimum atomic E-state index is -5.39. The van der Waals surface area contributed by atoms with Gasteiger partial charge in [0, 0.05) is 6.42 Å². The van der Waals surface area contributed by atoms with Crippen LogP contribution in [0.25, 0.3) is 0 Å². The summed E-state index contributed by atoms with van der Waals surface area (Å²) in [6.07, 6.45) is -6.54. The van der Waals surface area contributed by atoms with Crippen LogP contribution < -0.4 is 0 Å². The Balaban J connectivity index is 3.29. The molecule has 0 spiro atoms. The number of benzene rings is 1. The standard InChI is InChI=1S/C11H9F3O4/c12-11(13,14)10(8(15)16,9(17)18)6-7-4-2-1-3-5-7/h1-5H,6H2,(H,15,16)(H,17,18). The normalized spacial score (nSPS) is 12.2. The van der Waals surface area contributed by atoms with Gasteiger partial charge in [-0.05, 0) is 5.56 Å². The van der Waals surface area contributed by atoms with Crippen molar-refractivity contribution in [3.8, 4) is 0 Å². The monoisotopic (exact) mass is 262 g/mol. The molecule has 0 saturated carbocycles. The molecule has 0 radical (unpaired) electrons. The molecule has 0 atom stereocenters. The van der Waals surface area contributed by atoms with E-state index in [1.165, 1.54) is 30.3 Å². The Morgan fingerprint density at radius 3 is 1.78 bits per heavy atom. The van der Waals surface area contributed by atoms with E-state index < -0.39 is 30.0 Å². The van der Waals surface area contributed by atoms with Crippen LogP contribution in [0.1, 0.15) is 5.56 Å². The fourth-order valence-corrected chi connectivity index (χ4v) is 1.49. The number of carboxylic acids is 2. The topological polar surface area (TPSA) is 74.6 Å². The van der Waals surface area contributed by atoms with E-state index in [2.05, 4.69) is 0 Å². The first-order valence-corrected chi connectivity index (χ1v) is 4.79. The molecule has 1 rings (SSSR count). The summed E-state index contributed by atoms with van der Waals surface area (Å²) in [5.41, 5.74) is -3.84. The molecule has 1 aromatic carbocycles. The zero-order valence-corrected chi connectivity index (χ0v) is 8.94. The number of carboxylic acid groups (broad SMARTS) is 2. The average Bonchev–Trinajstić information content (AvgIpc) is 2.24. The lowest BCUT2D eigenvalue weighted by Gasteiger charge is -2.27. The van der Waals surface area contributed by atoms with Gasteiger partial charge in [-0.3, -0.25) is 9.59 Å². The number of hydrogen-bond donors (Lipinski definition) is 2. The third kappa shape index (κ3) is 2.29. The molecule has 0 aliphatic carbocycles. The second kappa shape index (κ2) is 4.67. The zero-order chi connectivity index (χ0) is 14.0. The lowest BCUT2D eigenvalue weighted by atomic mass is 9.81. The van der Waals surface area contributed by atoms with Crippen molar-refractivity contribution in [3.63, 3.8) is 0 Å². The van der Waals surface area contributed by atoms with Crippen molar-refractivity contribution in [3.05, 3.63) is 35.9 Å². The van der Waals surface area contributed by atoms with Crippen molar-refractivity contribution in [2.24, 2.45) is 5.41 Å². The minimum absolute atomic E-state index is 0.0142. The molecule has 0 fully saturated rings. The molecule has 0 aliphatic heterocycles. The highest BCUT2D eigenvalue weighted by molar-refractivity contribution is 5.99. The van der Waals surface area contributed by atoms with Gasteiger partial charge < -0.3 is 10.2 Å². The van der Waals surface area contributed by atoms with Gasteiger partial charge in [-0.1, -0.05) is 30.3 Å². The maximum absolute atomic E-state index is 12.8. The molecule has 0 saturated heterocycles. The molecule has 7 heteroatoms. The highest BCUT2D eigenvalue weighted by atomic mass is 19.4. The van der Waals surface area contributed by atoms with E-state index in [0.29, 0.717) is 0 Å². The molecule has 0 aliphatic rings. The molecule has 98 valence electrons. The number of alkyl halides is 3. The first-order chi connectivity index (χ1) is 8.22. The molecule has 0 aromatic heterocycles. The maximum Gasteiger partial charge on any atom is 0.415 e. The van der Waals surface area contributed by atoms with E-state index in [9.17, 15) is 22.8 Å². The van der Waals surface area contributed by atoms with E-state index in [1.807, 2.05) is 0 Å². The van der Waals surface area contributed by atoms with Gasteiger partial charge in [-0.2, -0.15) is 13.2 Å². The van der Waals surface area contributed by atoms with Crippen LogP contribution in [0.5, 0.6) is 0 Å². The first-order valence-electron chi connectivity index (χ1n) is 4.79. The van der Waals surface area contributed by atoms with Crippen LogP contribution in [-0.2, 0) is 16.0 Å². The lowest BCUT2D eigenvalue weighted by Crippen LogP contribution is -2.52. The van der Waals surface area contributed by atoms with Crippen LogP contribution in [0, 0.1) is 5.41 Å². The Kier molecular flexibility index (Phi) is 3.64. The number of hydrogen-bond acceptors (Lipinski definition) is 2. The average molecular weight is 262 g/mol. The summed E-state index contributed by atoms with van der Waals surface area (Å²) >= 11 is 0. The Labute approximate surface area is 99.7 Å². The van der Waals surface area contributed by atoms with Gasteiger partial charge in [-0.15, -0.1) is 0 Å². The first kappa shape index (κ1) is 14.0.